The van der Waals surface area contributed by atoms with Gasteiger partial charge in [-0.1, -0.05) is 19.9 Å². The zero-order valence-corrected chi connectivity index (χ0v) is 15.3. The molecule has 7 heteroatoms. The highest BCUT2D eigenvalue weighted by atomic mass is 19.1. The first kappa shape index (κ1) is 18.8. The lowest BCUT2D eigenvalue weighted by Crippen LogP contribution is -2.49. The van der Waals surface area contributed by atoms with Crippen molar-refractivity contribution < 1.29 is 18.7 Å². The molecule has 1 fully saturated rings. The van der Waals surface area contributed by atoms with Gasteiger partial charge in [0.05, 0.1) is 18.6 Å². The highest BCUT2D eigenvalue weighted by Crippen LogP contribution is 2.32. The monoisotopic (exact) mass is 363 g/mol. The molecule has 2 heterocycles. The smallest absolute Gasteiger partial charge is 0.228 e. The molecule has 2 aliphatic heterocycles. The third kappa shape index (κ3) is 4.59. The molecular formula is C19H26FN3O3. The van der Waals surface area contributed by atoms with Gasteiger partial charge in [0.15, 0.2) is 0 Å². The first-order valence-corrected chi connectivity index (χ1v) is 9.13. The number of morpholine rings is 1. The number of fused-ring (bicyclic) bond motifs is 1. The number of ether oxygens (including phenoxy) is 1. The predicted octanol–water partition coefficient (Wildman–Crippen LogP) is 1.72. The first-order chi connectivity index (χ1) is 12.4. The van der Waals surface area contributed by atoms with Crippen molar-refractivity contribution in [3.63, 3.8) is 0 Å². The van der Waals surface area contributed by atoms with E-state index in [2.05, 4.69) is 29.4 Å². The molecule has 0 aliphatic carbocycles. The average Bonchev–Trinajstić information content (AvgIpc) is 2.58. The van der Waals surface area contributed by atoms with Crippen LogP contribution in [0.2, 0.25) is 0 Å². The van der Waals surface area contributed by atoms with Crippen molar-refractivity contribution in [3.8, 4) is 0 Å². The summed E-state index contributed by atoms with van der Waals surface area (Å²) in [5.74, 6) is -0.959. The Bertz CT molecular complexity index is 680. The summed E-state index contributed by atoms with van der Waals surface area (Å²) in [5.41, 5.74) is 1.02. The molecule has 0 saturated carbocycles. The predicted molar refractivity (Wildman–Crippen MR) is 96.4 cm³/mol. The second-order valence-corrected chi connectivity index (χ2v) is 7.43. The number of hydrogen-bond acceptors (Lipinski definition) is 4. The third-order valence-corrected chi connectivity index (χ3v) is 4.72. The summed E-state index contributed by atoms with van der Waals surface area (Å²) in [5, 5.41) is 5.53. The van der Waals surface area contributed by atoms with Gasteiger partial charge in [-0.25, -0.2) is 4.39 Å². The number of amides is 2. The lowest BCUT2D eigenvalue weighted by Gasteiger charge is -2.34. The van der Waals surface area contributed by atoms with Gasteiger partial charge in [-0.3, -0.25) is 14.5 Å². The van der Waals surface area contributed by atoms with Crippen molar-refractivity contribution in [2.45, 2.75) is 32.3 Å². The average molecular weight is 363 g/mol. The van der Waals surface area contributed by atoms with Crippen molar-refractivity contribution in [1.82, 2.24) is 10.2 Å². The van der Waals surface area contributed by atoms with Crippen LogP contribution in [0.4, 0.5) is 10.1 Å². The van der Waals surface area contributed by atoms with Crippen molar-refractivity contribution in [2.75, 3.05) is 38.1 Å². The van der Waals surface area contributed by atoms with Crippen LogP contribution in [0.1, 0.15) is 31.7 Å². The zero-order valence-electron chi connectivity index (χ0n) is 15.3. The van der Waals surface area contributed by atoms with E-state index in [-0.39, 0.29) is 24.3 Å². The van der Waals surface area contributed by atoms with E-state index in [1.54, 1.807) is 6.07 Å². The van der Waals surface area contributed by atoms with Crippen LogP contribution in [0, 0.1) is 11.7 Å². The molecular weight excluding hydrogens is 337 g/mol. The van der Waals surface area contributed by atoms with Crippen molar-refractivity contribution in [2.24, 2.45) is 5.92 Å². The SMILES string of the molecule is CC(C)CN1CCO[C@H](CNC(=O)[C@@H]2CC(=O)Nc3cc(F)ccc32)C1. The Balaban J connectivity index is 1.59. The van der Waals surface area contributed by atoms with Crippen LogP contribution in [0.3, 0.4) is 0 Å². The van der Waals surface area contributed by atoms with Crippen molar-refractivity contribution in [1.29, 1.82) is 0 Å². The number of carbonyl (C=O) groups excluding carboxylic acids is 2. The highest BCUT2D eigenvalue weighted by molar-refractivity contribution is 6.01. The van der Waals surface area contributed by atoms with E-state index in [0.29, 0.717) is 30.3 Å². The molecule has 2 aliphatic rings. The van der Waals surface area contributed by atoms with Gasteiger partial charge < -0.3 is 15.4 Å². The molecule has 2 amide bonds. The van der Waals surface area contributed by atoms with Crippen LogP contribution in [-0.4, -0.2) is 55.6 Å². The first-order valence-electron chi connectivity index (χ1n) is 9.13. The number of hydrogen-bond donors (Lipinski definition) is 2. The summed E-state index contributed by atoms with van der Waals surface area (Å²) in [6.07, 6.45) is 0.00620. The molecule has 0 aromatic heterocycles. The van der Waals surface area contributed by atoms with Crippen molar-refractivity contribution in [3.05, 3.63) is 29.6 Å². The maximum absolute atomic E-state index is 13.4. The van der Waals surface area contributed by atoms with Gasteiger partial charge in [0.25, 0.3) is 0 Å². The molecule has 3 rings (SSSR count). The molecule has 26 heavy (non-hydrogen) atoms. The van der Waals surface area contributed by atoms with Crippen LogP contribution in [0.25, 0.3) is 0 Å². The highest BCUT2D eigenvalue weighted by Gasteiger charge is 2.31. The minimum Gasteiger partial charge on any atom is -0.374 e. The topological polar surface area (TPSA) is 70.7 Å². The molecule has 1 aromatic rings. The van der Waals surface area contributed by atoms with E-state index < -0.39 is 11.7 Å². The molecule has 2 N–H and O–H groups in total. The molecule has 1 aromatic carbocycles. The van der Waals surface area contributed by atoms with Crippen LogP contribution >= 0.6 is 0 Å². The lowest BCUT2D eigenvalue weighted by atomic mass is 9.89. The molecule has 0 radical (unpaired) electrons. The Morgan fingerprint density at radius 3 is 3.04 bits per heavy atom. The third-order valence-electron chi connectivity index (χ3n) is 4.72. The van der Waals surface area contributed by atoms with E-state index in [0.717, 1.165) is 19.6 Å². The summed E-state index contributed by atoms with van der Waals surface area (Å²) in [4.78, 5) is 26.8. The maximum Gasteiger partial charge on any atom is 0.228 e. The van der Waals surface area contributed by atoms with Gasteiger partial charge in [-0.15, -0.1) is 0 Å². The maximum atomic E-state index is 13.4. The second-order valence-electron chi connectivity index (χ2n) is 7.43. The molecule has 1 saturated heterocycles. The van der Waals surface area contributed by atoms with Gasteiger partial charge in [-0.2, -0.15) is 0 Å². The summed E-state index contributed by atoms with van der Waals surface area (Å²) >= 11 is 0. The number of benzene rings is 1. The fraction of sp³-hybridized carbons (Fsp3) is 0.579. The van der Waals surface area contributed by atoms with Crippen LogP contribution in [0.5, 0.6) is 0 Å². The second kappa shape index (κ2) is 8.14. The Morgan fingerprint density at radius 2 is 2.27 bits per heavy atom. The summed E-state index contributed by atoms with van der Waals surface area (Å²) in [6, 6.07) is 4.13. The van der Waals surface area contributed by atoms with Crippen LogP contribution < -0.4 is 10.6 Å². The van der Waals surface area contributed by atoms with E-state index in [9.17, 15) is 14.0 Å². The number of nitrogens with zero attached hydrogens (tertiary/aromatic N) is 1. The minimum atomic E-state index is -0.602. The Kier molecular flexibility index (Phi) is 5.88. The number of halogens is 1. The van der Waals surface area contributed by atoms with Crippen molar-refractivity contribution >= 4 is 17.5 Å². The standard InChI is InChI=1S/C19H26FN3O3/c1-12(2)10-23-5-6-26-14(11-23)9-21-19(25)16-8-18(24)22-17-7-13(20)3-4-15(16)17/h3-4,7,12,14,16H,5-6,8-11H2,1-2H3,(H,21,25)(H,22,24)/t14-,16-/m1/s1. The van der Waals surface area contributed by atoms with Gasteiger partial charge in [-0.05, 0) is 23.6 Å². The lowest BCUT2D eigenvalue weighted by molar-refractivity contribution is -0.127. The summed E-state index contributed by atoms with van der Waals surface area (Å²) < 4.78 is 19.1. The minimum absolute atomic E-state index is 0.0587. The Morgan fingerprint density at radius 1 is 1.46 bits per heavy atom. The Labute approximate surface area is 153 Å². The van der Waals surface area contributed by atoms with E-state index in [1.165, 1.54) is 12.1 Å². The normalized spacial score (nSPS) is 23.5. The number of carbonyl (C=O) groups is 2. The summed E-state index contributed by atoms with van der Waals surface area (Å²) in [6.45, 7) is 8.12. The molecule has 0 unspecified atom stereocenters. The van der Waals surface area contributed by atoms with Gasteiger partial charge >= 0.3 is 0 Å². The fourth-order valence-corrected chi connectivity index (χ4v) is 3.59. The largest absolute Gasteiger partial charge is 0.374 e. The number of rotatable bonds is 5. The summed E-state index contributed by atoms with van der Waals surface area (Å²) in [7, 11) is 0. The van der Waals surface area contributed by atoms with Gasteiger partial charge in [0.2, 0.25) is 11.8 Å². The molecule has 0 bridgehead atoms. The number of anilines is 1. The zero-order chi connectivity index (χ0) is 18.7. The van der Waals surface area contributed by atoms with Crippen LogP contribution in [0.15, 0.2) is 18.2 Å². The molecule has 2 atom stereocenters. The van der Waals surface area contributed by atoms with Gasteiger partial charge in [0.1, 0.15) is 5.82 Å². The van der Waals surface area contributed by atoms with E-state index in [1.807, 2.05) is 0 Å². The number of nitrogens with one attached hydrogen (secondary N) is 2. The molecule has 0 spiro atoms. The van der Waals surface area contributed by atoms with E-state index >= 15 is 0 Å². The molecule has 6 nitrogen and oxygen atoms in total. The molecule has 142 valence electrons. The van der Waals surface area contributed by atoms with E-state index in [4.69, 9.17) is 4.74 Å². The van der Waals surface area contributed by atoms with Crippen LogP contribution in [-0.2, 0) is 14.3 Å². The fourth-order valence-electron chi connectivity index (χ4n) is 3.59. The Hall–Kier alpha value is -1.99. The van der Waals surface area contributed by atoms with Gasteiger partial charge in [0, 0.05) is 38.3 Å². The quantitative estimate of drug-likeness (QED) is 0.836.